The summed E-state index contributed by atoms with van der Waals surface area (Å²) in [5, 5.41) is 2.13. The molecule has 0 unspecified atom stereocenters. The van der Waals surface area contributed by atoms with Gasteiger partial charge in [0.15, 0.2) is 0 Å². The van der Waals surface area contributed by atoms with Crippen molar-refractivity contribution in [3.05, 3.63) is 157 Å². The molecule has 6 rings (SSSR count). The van der Waals surface area contributed by atoms with Gasteiger partial charge in [-0.15, -0.1) is 5.56 Å². The van der Waals surface area contributed by atoms with Crippen molar-refractivity contribution in [2.24, 2.45) is 9.98 Å². The SMILES string of the molecule is [Fe].[Fe].[c-]1[c-][c-][c-](C=Nc2cccc3c(N=C[c-]4cccc4)cccc23)[c-]1.c1cc[cH-]c1.c1cc[cH-]c1. The van der Waals surface area contributed by atoms with E-state index in [1.54, 1.807) is 6.21 Å². The molecule has 0 saturated heterocycles. The van der Waals surface area contributed by atoms with Gasteiger partial charge in [-0.05, 0) is 18.3 Å². The summed E-state index contributed by atoms with van der Waals surface area (Å²) in [7, 11) is 0. The number of fused-ring (bicyclic) bond motifs is 1. The molecule has 0 fully saturated rings. The monoisotopic (exact) mass is 546 g/mol. The van der Waals surface area contributed by atoms with Crippen LogP contribution in [0.2, 0.25) is 0 Å². The van der Waals surface area contributed by atoms with E-state index in [-0.39, 0.29) is 34.1 Å². The summed E-state index contributed by atoms with van der Waals surface area (Å²) in [6.45, 7) is 0. The van der Waals surface area contributed by atoms with Crippen molar-refractivity contribution >= 4 is 34.6 Å². The molecule has 0 aliphatic rings. The Morgan fingerprint density at radius 1 is 0.583 bits per heavy atom. The van der Waals surface area contributed by atoms with Crippen LogP contribution in [0.15, 0.2) is 131 Å². The first-order valence-electron chi connectivity index (χ1n) is 10.9. The zero-order chi connectivity index (χ0) is 23.3. The third kappa shape index (κ3) is 8.92. The number of hydrogen-bond donors (Lipinski definition) is 0. The van der Waals surface area contributed by atoms with Gasteiger partial charge in [-0.2, -0.15) is 54.7 Å². The topological polar surface area (TPSA) is 24.7 Å². The number of nitrogens with zero attached hydrogens (tertiary/aromatic N) is 2. The van der Waals surface area contributed by atoms with E-state index < -0.39 is 0 Å². The second-order valence-electron chi connectivity index (χ2n) is 7.22. The van der Waals surface area contributed by atoms with Crippen molar-refractivity contribution in [1.82, 2.24) is 0 Å². The minimum Gasteiger partial charge on any atom is -0.998 e. The van der Waals surface area contributed by atoms with Crippen molar-refractivity contribution in [3.63, 3.8) is 0 Å². The van der Waals surface area contributed by atoms with Gasteiger partial charge in [-0.1, -0.05) is 24.3 Å². The number of hydrogen-bond acceptors (Lipinski definition) is 2. The Hall–Kier alpha value is -3.52. The van der Waals surface area contributed by atoms with Gasteiger partial charge < -0.3 is 29.8 Å². The molecule has 0 heterocycles. The van der Waals surface area contributed by atoms with Crippen LogP contribution in [-0.4, -0.2) is 12.4 Å². The van der Waals surface area contributed by atoms with E-state index in [1.807, 2.05) is 115 Å². The number of rotatable bonds is 4. The Kier molecular flexibility index (Phi) is 12.9. The molecule has 2 nitrogen and oxygen atoms in total. The second kappa shape index (κ2) is 16.2. The van der Waals surface area contributed by atoms with Crippen LogP contribution in [0.4, 0.5) is 11.4 Å². The van der Waals surface area contributed by atoms with Crippen molar-refractivity contribution in [2.45, 2.75) is 0 Å². The Bertz CT molecular complexity index is 1230. The van der Waals surface area contributed by atoms with Crippen LogP contribution in [-0.2, 0) is 34.1 Å². The first kappa shape index (κ1) is 28.7. The van der Waals surface area contributed by atoms with Gasteiger partial charge in [0.25, 0.3) is 0 Å². The molecule has 6 aromatic carbocycles. The predicted molar refractivity (Wildman–Crippen MR) is 142 cm³/mol. The molecular weight excluding hydrogens is 524 g/mol. The van der Waals surface area contributed by atoms with Gasteiger partial charge in [0.05, 0.1) is 11.4 Å². The molecule has 0 aliphatic heterocycles. The van der Waals surface area contributed by atoms with Crippen molar-refractivity contribution in [3.8, 4) is 0 Å². The van der Waals surface area contributed by atoms with Crippen LogP contribution in [0.25, 0.3) is 10.8 Å². The fourth-order valence-electron chi connectivity index (χ4n) is 3.19. The molecule has 36 heavy (non-hydrogen) atoms. The average Bonchev–Trinajstić information content (AvgIpc) is 3.70. The van der Waals surface area contributed by atoms with Crippen LogP contribution in [0.3, 0.4) is 0 Å². The maximum Gasteiger partial charge on any atom is 0.0696 e. The molecule has 0 amide bonds. The number of benzene rings is 2. The van der Waals surface area contributed by atoms with E-state index in [4.69, 9.17) is 0 Å². The molecule has 0 saturated carbocycles. The fourth-order valence-corrected chi connectivity index (χ4v) is 3.19. The molecule has 6 aromatic rings. The van der Waals surface area contributed by atoms with E-state index in [0.29, 0.717) is 0 Å². The Balaban J connectivity index is 0.000000317. The fraction of sp³-hybridized carbons (Fsp3) is 0. The van der Waals surface area contributed by atoms with E-state index in [1.165, 1.54) is 0 Å². The average molecular weight is 546 g/mol. The summed E-state index contributed by atoms with van der Waals surface area (Å²) in [4.78, 5) is 9.18. The molecular formula is C32H22Fe2N2-8. The van der Waals surface area contributed by atoms with Crippen molar-refractivity contribution in [2.75, 3.05) is 0 Å². The Labute approximate surface area is 234 Å². The summed E-state index contributed by atoms with van der Waals surface area (Å²) in [5.41, 5.74) is 3.66. The molecule has 0 spiro atoms. The molecule has 0 atom stereocenters. The van der Waals surface area contributed by atoms with Gasteiger partial charge in [-0.25, -0.2) is 36.4 Å². The summed E-state index contributed by atoms with van der Waals surface area (Å²) >= 11 is 0. The van der Waals surface area contributed by atoms with Gasteiger partial charge in [0.1, 0.15) is 0 Å². The third-order valence-corrected chi connectivity index (χ3v) is 4.82. The number of aliphatic imine (C=N–C) groups is 2. The molecule has 0 aromatic heterocycles. The van der Waals surface area contributed by atoms with E-state index in [2.05, 4.69) is 46.4 Å². The molecule has 0 N–H and O–H groups in total. The largest absolute Gasteiger partial charge is 0.998 e. The van der Waals surface area contributed by atoms with E-state index in [9.17, 15) is 0 Å². The zero-order valence-corrected chi connectivity index (χ0v) is 21.5. The van der Waals surface area contributed by atoms with Crippen LogP contribution in [0.5, 0.6) is 0 Å². The molecule has 0 bridgehead atoms. The summed E-state index contributed by atoms with van der Waals surface area (Å²) in [5.74, 6) is 0. The maximum atomic E-state index is 4.63. The quantitative estimate of drug-likeness (QED) is 0.123. The first-order chi connectivity index (χ1) is 16.9. The van der Waals surface area contributed by atoms with Crippen LogP contribution in [0, 0.1) is 24.3 Å². The summed E-state index contributed by atoms with van der Waals surface area (Å²) in [6, 6.07) is 51.4. The van der Waals surface area contributed by atoms with Crippen LogP contribution >= 0.6 is 0 Å². The van der Waals surface area contributed by atoms with Crippen LogP contribution in [0.1, 0.15) is 11.1 Å². The van der Waals surface area contributed by atoms with Gasteiger partial charge in [0, 0.05) is 44.9 Å². The molecule has 0 radical (unpaired) electrons. The molecule has 0 aliphatic carbocycles. The minimum atomic E-state index is 0. The third-order valence-electron chi connectivity index (χ3n) is 4.82. The first-order valence-corrected chi connectivity index (χ1v) is 10.9. The van der Waals surface area contributed by atoms with Gasteiger partial charge >= 0.3 is 0 Å². The summed E-state index contributed by atoms with van der Waals surface area (Å²) < 4.78 is 0. The van der Waals surface area contributed by atoms with Crippen molar-refractivity contribution < 1.29 is 34.1 Å². The molecule has 184 valence electrons. The Morgan fingerprint density at radius 3 is 1.50 bits per heavy atom. The summed E-state index contributed by atoms with van der Waals surface area (Å²) in [6.07, 6.45) is 3.60. The smallest absolute Gasteiger partial charge is 0.0696 e. The van der Waals surface area contributed by atoms with Gasteiger partial charge in [0.2, 0.25) is 0 Å². The molecule has 4 heteroatoms. The Morgan fingerprint density at radius 2 is 1.06 bits per heavy atom. The van der Waals surface area contributed by atoms with Gasteiger partial charge in [-0.3, -0.25) is 9.98 Å². The van der Waals surface area contributed by atoms with Crippen LogP contribution < -0.4 is 0 Å². The van der Waals surface area contributed by atoms with E-state index in [0.717, 1.165) is 33.3 Å². The normalized spacial score (nSPS) is 10.1. The standard InChI is InChI=1S/C22H12N2.2C5H5.2Fe/c1-2-8-17(7-1)15-23-21-13-5-12-20-19(21)11-6-14-22(20)24-16-18-9-3-4-10-18;2*1-2-4-5-3-1;;/h1-2,5-8,11-16H;2*1-5H;;/q-6;2*-1;;. The maximum absolute atomic E-state index is 4.63. The zero-order valence-electron chi connectivity index (χ0n) is 19.3. The predicted octanol–water partition coefficient (Wildman–Crippen LogP) is 7.79. The second-order valence-corrected chi connectivity index (χ2v) is 7.22. The van der Waals surface area contributed by atoms with E-state index >= 15 is 0 Å². The minimum absolute atomic E-state index is 0. The van der Waals surface area contributed by atoms with Crippen molar-refractivity contribution in [1.29, 1.82) is 0 Å².